The van der Waals surface area contributed by atoms with Gasteiger partial charge in [-0.1, -0.05) is 12.1 Å². The molecule has 0 unspecified atom stereocenters. The summed E-state index contributed by atoms with van der Waals surface area (Å²) < 4.78 is 43.1. The molecule has 156 valence electrons. The van der Waals surface area contributed by atoms with Gasteiger partial charge in [-0.3, -0.25) is 4.79 Å². The van der Waals surface area contributed by atoms with Crippen LogP contribution in [0.15, 0.2) is 24.3 Å². The largest absolute Gasteiger partial charge is 0.450 e. The lowest BCUT2D eigenvalue weighted by molar-refractivity contribution is -0.137. The van der Waals surface area contributed by atoms with Crippen molar-refractivity contribution in [1.29, 1.82) is 0 Å². The van der Waals surface area contributed by atoms with E-state index in [0.29, 0.717) is 53.9 Å². The summed E-state index contributed by atoms with van der Waals surface area (Å²) in [6, 6.07) is 4.71. The van der Waals surface area contributed by atoms with Gasteiger partial charge in [0, 0.05) is 31.7 Å². The number of alkyl halides is 3. The van der Waals surface area contributed by atoms with E-state index in [1.807, 2.05) is 0 Å². The summed E-state index contributed by atoms with van der Waals surface area (Å²) >= 11 is 1.15. The maximum atomic E-state index is 12.9. The first-order valence-corrected chi connectivity index (χ1v) is 9.88. The second-order valence-corrected chi connectivity index (χ2v) is 7.49. The van der Waals surface area contributed by atoms with Crippen molar-refractivity contribution in [3.05, 3.63) is 40.4 Å². The molecule has 1 aromatic carbocycles. The number of hydrogen-bond donors (Lipinski definition) is 0. The molecule has 1 aliphatic rings. The van der Waals surface area contributed by atoms with Gasteiger partial charge in [-0.05, 0) is 26.0 Å². The van der Waals surface area contributed by atoms with Crippen molar-refractivity contribution >= 4 is 23.3 Å². The van der Waals surface area contributed by atoms with Crippen molar-refractivity contribution in [1.82, 2.24) is 14.8 Å². The van der Waals surface area contributed by atoms with Gasteiger partial charge >= 0.3 is 12.3 Å². The van der Waals surface area contributed by atoms with Gasteiger partial charge < -0.3 is 14.5 Å². The molecule has 1 aliphatic heterocycles. The Balaban J connectivity index is 1.70. The minimum Gasteiger partial charge on any atom is -0.450 e. The monoisotopic (exact) mass is 427 g/mol. The summed E-state index contributed by atoms with van der Waals surface area (Å²) in [5.74, 6) is -0.193. The number of amides is 2. The third kappa shape index (κ3) is 4.69. The van der Waals surface area contributed by atoms with Crippen molar-refractivity contribution in [3.8, 4) is 10.6 Å². The molecule has 2 amide bonds. The van der Waals surface area contributed by atoms with Crippen molar-refractivity contribution in [2.24, 2.45) is 0 Å². The average molecular weight is 427 g/mol. The number of carbonyl (C=O) groups excluding carboxylic acids is 2. The predicted octanol–water partition coefficient (Wildman–Crippen LogP) is 4.05. The predicted molar refractivity (Wildman–Crippen MR) is 102 cm³/mol. The van der Waals surface area contributed by atoms with Gasteiger partial charge in [0.25, 0.3) is 5.91 Å². The fourth-order valence-corrected chi connectivity index (χ4v) is 4.01. The SMILES string of the molecule is CCOC(=O)N1CCN(C(=O)c2sc(-c3ccc(C(F)(F)F)cc3)nc2C)CC1. The summed E-state index contributed by atoms with van der Waals surface area (Å²) in [7, 11) is 0. The van der Waals surface area contributed by atoms with Crippen molar-refractivity contribution < 1.29 is 27.5 Å². The molecule has 2 aromatic rings. The number of benzene rings is 1. The second-order valence-electron chi connectivity index (χ2n) is 6.49. The maximum Gasteiger partial charge on any atom is 0.416 e. The zero-order valence-electron chi connectivity index (χ0n) is 16.0. The number of piperazine rings is 1. The van der Waals surface area contributed by atoms with E-state index < -0.39 is 17.8 Å². The van der Waals surface area contributed by atoms with Crippen LogP contribution < -0.4 is 0 Å². The molecule has 1 aromatic heterocycles. The summed E-state index contributed by atoms with van der Waals surface area (Å²) in [6.45, 7) is 5.26. The second kappa shape index (κ2) is 8.40. The number of aryl methyl sites for hydroxylation is 1. The first-order valence-electron chi connectivity index (χ1n) is 9.06. The summed E-state index contributed by atoms with van der Waals surface area (Å²) in [6.07, 6.45) is -4.79. The van der Waals surface area contributed by atoms with E-state index in [2.05, 4.69) is 4.98 Å². The van der Waals surface area contributed by atoms with Gasteiger partial charge in [-0.15, -0.1) is 11.3 Å². The number of thiazole rings is 1. The lowest BCUT2D eigenvalue weighted by atomic mass is 10.1. The third-order valence-electron chi connectivity index (χ3n) is 4.54. The Bertz CT molecular complexity index is 888. The van der Waals surface area contributed by atoms with Crippen molar-refractivity contribution in [2.45, 2.75) is 20.0 Å². The topological polar surface area (TPSA) is 62.7 Å². The van der Waals surface area contributed by atoms with Crippen LogP contribution in [0.5, 0.6) is 0 Å². The Labute approximate surface area is 169 Å². The van der Waals surface area contributed by atoms with Gasteiger partial charge in [-0.2, -0.15) is 13.2 Å². The Morgan fingerprint density at radius 2 is 1.69 bits per heavy atom. The van der Waals surface area contributed by atoms with Crippen molar-refractivity contribution in [2.75, 3.05) is 32.8 Å². The summed E-state index contributed by atoms with van der Waals surface area (Å²) in [5, 5.41) is 0.490. The standard InChI is InChI=1S/C19H20F3N3O3S/c1-3-28-18(27)25-10-8-24(9-11-25)17(26)15-12(2)23-16(29-15)13-4-6-14(7-5-13)19(20,21)22/h4-7H,3,8-11H2,1-2H3. The number of nitrogens with zero attached hydrogens (tertiary/aromatic N) is 3. The first kappa shape index (κ1) is 21.1. The number of rotatable bonds is 3. The number of ether oxygens (including phenoxy) is 1. The molecule has 3 rings (SSSR count). The summed E-state index contributed by atoms with van der Waals surface area (Å²) in [4.78, 5) is 32.6. The van der Waals surface area contributed by atoms with Gasteiger partial charge in [0.15, 0.2) is 0 Å². The lowest BCUT2D eigenvalue weighted by Gasteiger charge is -2.33. The highest BCUT2D eigenvalue weighted by atomic mass is 32.1. The molecule has 6 nitrogen and oxygen atoms in total. The van der Waals surface area contributed by atoms with E-state index in [1.54, 1.807) is 23.6 Å². The molecule has 0 aliphatic carbocycles. The van der Waals surface area contributed by atoms with Crippen LogP contribution in [0.4, 0.5) is 18.0 Å². The van der Waals surface area contributed by atoms with Crippen LogP contribution in [0.2, 0.25) is 0 Å². The molecule has 1 saturated heterocycles. The Morgan fingerprint density at radius 3 is 2.24 bits per heavy atom. The van der Waals surface area contributed by atoms with Crippen LogP contribution >= 0.6 is 11.3 Å². The van der Waals surface area contributed by atoms with E-state index in [4.69, 9.17) is 4.74 Å². The van der Waals surface area contributed by atoms with E-state index in [0.717, 1.165) is 23.5 Å². The molecule has 29 heavy (non-hydrogen) atoms. The maximum absolute atomic E-state index is 12.9. The number of carbonyl (C=O) groups is 2. The molecule has 2 heterocycles. The van der Waals surface area contributed by atoms with Crippen LogP contribution in [-0.4, -0.2) is 59.6 Å². The van der Waals surface area contributed by atoms with E-state index in [-0.39, 0.29) is 5.91 Å². The molecule has 0 radical (unpaired) electrons. The number of halogens is 3. The quantitative estimate of drug-likeness (QED) is 0.742. The molecular formula is C19H20F3N3O3S. The highest BCUT2D eigenvalue weighted by Crippen LogP contribution is 2.33. The zero-order valence-corrected chi connectivity index (χ0v) is 16.8. The van der Waals surface area contributed by atoms with E-state index in [1.165, 1.54) is 12.1 Å². The highest BCUT2D eigenvalue weighted by Gasteiger charge is 2.31. The Kier molecular flexibility index (Phi) is 6.11. The lowest BCUT2D eigenvalue weighted by Crippen LogP contribution is -2.50. The van der Waals surface area contributed by atoms with Crippen LogP contribution in [0.3, 0.4) is 0 Å². The Hall–Kier alpha value is -2.62. The molecule has 10 heteroatoms. The van der Waals surface area contributed by atoms with Crippen molar-refractivity contribution in [3.63, 3.8) is 0 Å². The highest BCUT2D eigenvalue weighted by molar-refractivity contribution is 7.17. The van der Waals surface area contributed by atoms with Crippen LogP contribution in [0.1, 0.15) is 27.9 Å². The average Bonchev–Trinajstić information content (AvgIpc) is 3.09. The smallest absolute Gasteiger partial charge is 0.416 e. The fraction of sp³-hybridized carbons (Fsp3) is 0.421. The molecule has 0 saturated carbocycles. The Morgan fingerprint density at radius 1 is 1.10 bits per heavy atom. The van der Waals surface area contributed by atoms with E-state index >= 15 is 0 Å². The van der Waals surface area contributed by atoms with Gasteiger partial charge in [0.2, 0.25) is 0 Å². The fourth-order valence-electron chi connectivity index (χ4n) is 2.97. The first-order chi connectivity index (χ1) is 13.7. The van der Waals surface area contributed by atoms with E-state index in [9.17, 15) is 22.8 Å². The van der Waals surface area contributed by atoms with Crippen LogP contribution in [0.25, 0.3) is 10.6 Å². The van der Waals surface area contributed by atoms with Crippen LogP contribution in [-0.2, 0) is 10.9 Å². The molecule has 1 fully saturated rings. The van der Waals surface area contributed by atoms with Crippen LogP contribution in [0, 0.1) is 6.92 Å². The minimum absolute atomic E-state index is 0.193. The normalized spacial score (nSPS) is 14.8. The molecular weight excluding hydrogens is 407 g/mol. The number of aromatic nitrogens is 1. The molecule has 0 N–H and O–H groups in total. The molecule has 0 bridgehead atoms. The number of hydrogen-bond acceptors (Lipinski definition) is 5. The van der Waals surface area contributed by atoms with Gasteiger partial charge in [-0.25, -0.2) is 9.78 Å². The third-order valence-corrected chi connectivity index (χ3v) is 5.74. The van der Waals surface area contributed by atoms with Gasteiger partial charge in [0.1, 0.15) is 9.88 Å². The zero-order chi connectivity index (χ0) is 21.2. The molecule has 0 spiro atoms. The minimum atomic E-state index is -4.40. The molecule has 0 atom stereocenters. The van der Waals surface area contributed by atoms with Gasteiger partial charge in [0.05, 0.1) is 17.9 Å². The summed E-state index contributed by atoms with van der Waals surface area (Å²) in [5.41, 5.74) is 0.324.